The van der Waals surface area contributed by atoms with E-state index in [9.17, 15) is 8.42 Å². The minimum Gasteiger partial charge on any atom is -0.396 e. The smallest absolute Gasteiger partial charge is 0.243 e. The minimum absolute atomic E-state index is 0.104. The fourth-order valence-electron chi connectivity index (χ4n) is 1.75. The molecule has 0 amide bonds. The van der Waals surface area contributed by atoms with E-state index in [1.165, 1.54) is 17.1 Å². The Hall–Kier alpha value is -1.70. The fraction of sp³-hybridized carbons (Fsp3) is 0.308. The molecule has 0 aliphatic carbocycles. The van der Waals surface area contributed by atoms with E-state index in [4.69, 9.17) is 5.11 Å². The molecule has 0 radical (unpaired) electrons. The first-order valence-electron chi connectivity index (χ1n) is 6.18. The maximum atomic E-state index is 12.0. The molecule has 0 unspecified atom stereocenters. The van der Waals surface area contributed by atoms with Gasteiger partial charge in [0.05, 0.1) is 6.20 Å². The molecule has 0 bridgehead atoms. The zero-order chi connectivity index (χ0) is 14.6. The summed E-state index contributed by atoms with van der Waals surface area (Å²) in [5.41, 5.74) is 1.88. The Kier molecular flexibility index (Phi) is 4.53. The topological polar surface area (TPSA) is 84.2 Å². The molecule has 0 atom stereocenters. The average Bonchev–Trinajstić information content (AvgIpc) is 2.86. The molecule has 0 fully saturated rings. The van der Waals surface area contributed by atoms with Gasteiger partial charge in [0.2, 0.25) is 10.0 Å². The highest BCUT2D eigenvalue weighted by atomic mass is 32.2. The first kappa shape index (κ1) is 14.7. The Morgan fingerprint density at radius 3 is 2.45 bits per heavy atom. The number of aryl methyl sites for hydroxylation is 1. The van der Waals surface area contributed by atoms with E-state index in [0.717, 1.165) is 11.1 Å². The third-order valence-corrected chi connectivity index (χ3v) is 4.24. The molecule has 7 heteroatoms. The van der Waals surface area contributed by atoms with Gasteiger partial charge in [-0.2, -0.15) is 5.10 Å². The van der Waals surface area contributed by atoms with Crippen LogP contribution in [0.3, 0.4) is 0 Å². The average molecular weight is 295 g/mol. The van der Waals surface area contributed by atoms with Crippen molar-refractivity contribution in [1.82, 2.24) is 14.5 Å². The molecule has 0 spiro atoms. The zero-order valence-corrected chi connectivity index (χ0v) is 12.0. The Morgan fingerprint density at radius 2 is 1.90 bits per heavy atom. The maximum Gasteiger partial charge on any atom is 0.243 e. The van der Waals surface area contributed by atoms with E-state index in [-0.39, 0.29) is 18.0 Å². The second-order valence-electron chi connectivity index (χ2n) is 4.46. The first-order valence-corrected chi connectivity index (χ1v) is 7.66. The van der Waals surface area contributed by atoms with E-state index in [2.05, 4.69) is 9.82 Å². The largest absolute Gasteiger partial charge is 0.396 e. The van der Waals surface area contributed by atoms with Crippen LogP contribution in [0.4, 0.5) is 0 Å². The number of aromatic nitrogens is 2. The molecule has 20 heavy (non-hydrogen) atoms. The van der Waals surface area contributed by atoms with Gasteiger partial charge in [-0.05, 0) is 17.5 Å². The summed E-state index contributed by atoms with van der Waals surface area (Å²) >= 11 is 0. The third kappa shape index (κ3) is 3.66. The van der Waals surface area contributed by atoms with Crippen LogP contribution in [0, 0.1) is 0 Å². The molecular weight excluding hydrogens is 278 g/mol. The predicted octanol–water partition coefficient (Wildman–Crippen LogP) is 0.433. The summed E-state index contributed by atoms with van der Waals surface area (Å²) in [5.74, 6) is 0. The van der Waals surface area contributed by atoms with Crippen molar-refractivity contribution < 1.29 is 13.5 Å². The van der Waals surface area contributed by atoms with E-state index in [1.54, 1.807) is 7.05 Å². The van der Waals surface area contributed by atoms with Crippen molar-refractivity contribution in [3.05, 3.63) is 47.8 Å². The molecule has 0 saturated heterocycles. The van der Waals surface area contributed by atoms with E-state index >= 15 is 0 Å². The molecule has 2 aromatic rings. The van der Waals surface area contributed by atoms with Gasteiger partial charge in [-0.25, -0.2) is 13.1 Å². The van der Waals surface area contributed by atoms with Crippen LogP contribution in [0.15, 0.2) is 41.6 Å². The summed E-state index contributed by atoms with van der Waals surface area (Å²) in [6.07, 6.45) is 3.36. The first-order chi connectivity index (χ1) is 9.51. The van der Waals surface area contributed by atoms with Crippen LogP contribution in [0.25, 0.3) is 0 Å². The lowest BCUT2D eigenvalue weighted by molar-refractivity contribution is 0.299. The maximum absolute atomic E-state index is 12.0. The number of aliphatic hydroxyl groups excluding tert-OH is 1. The Bertz CT molecular complexity index is 662. The summed E-state index contributed by atoms with van der Waals surface area (Å²) in [7, 11) is -1.87. The van der Waals surface area contributed by atoms with Gasteiger partial charge < -0.3 is 5.11 Å². The Balaban J connectivity index is 2.01. The number of benzene rings is 1. The molecule has 0 aliphatic heterocycles. The number of aliphatic hydroxyl groups is 1. The highest BCUT2D eigenvalue weighted by Gasteiger charge is 2.15. The minimum atomic E-state index is -3.53. The Morgan fingerprint density at radius 1 is 1.25 bits per heavy atom. The number of nitrogens with zero attached hydrogens (tertiary/aromatic N) is 2. The standard InChI is InChI=1S/C13H17N3O3S/c1-16-10-13(9-14-16)20(18,19)15-8-12-4-2-11(3-5-12)6-7-17/h2-5,9-10,15,17H,6-8H2,1H3. The molecule has 2 N–H and O–H groups in total. The van der Waals surface area contributed by atoms with Gasteiger partial charge in [-0.15, -0.1) is 0 Å². The molecule has 1 aromatic heterocycles. The summed E-state index contributed by atoms with van der Waals surface area (Å²) in [4.78, 5) is 0.150. The lowest BCUT2D eigenvalue weighted by Gasteiger charge is -2.06. The molecule has 6 nitrogen and oxygen atoms in total. The zero-order valence-electron chi connectivity index (χ0n) is 11.2. The summed E-state index contributed by atoms with van der Waals surface area (Å²) < 4.78 is 28.0. The monoisotopic (exact) mass is 295 g/mol. The molecule has 1 aromatic carbocycles. The Labute approximate surface area is 118 Å². The number of nitrogens with one attached hydrogen (secondary N) is 1. The summed E-state index contributed by atoms with van der Waals surface area (Å²) in [5, 5.41) is 12.7. The number of rotatable bonds is 6. The molecule has 108 valence electrons. The van der Waals surface area contributed by atoms with Crippen molar-refractivity contribution in [1.29, 1.82) is 0 Å². The van der Waals surface area contributed by atoms with Gasteiger partial charge in [-0.3, -0.25) is 4.68 Å². The van der Waals surface area contributed by atoms with E-state index in [1.807, 2.05) is 24.3 Å². The van der Waals surface area contributed by atoms with Crippen LogP contribution < -0.4 is 4.72 Å². The fourth-order valence-corrected chi connectivity index (χ4v) is 2.75. The van der Waals surface area contributed by atoms with Gasteiger partial charge in [0.15, 0.2) is 0 Å². The summed E-state index contributed by atoms with van der Waals surface area (Å²) in [6, 6.07) is 7.45. The van der Waals surface area contributed by atoms with E-state index < -0.39 is 10.0 Å². The van der Waals surface area contributed by atoms with Crippen LogP contribution in [-0.2, 0) is 30.0 Å². The highest BCUT2D eigenvalue weighted by molar-refractivity contribution is 7.89. The number of hydrogen-bond acceptors (Lipinski definition) is 4. The van der Waals surface area contributed by atoms with Gasteiger partial charge in [-0.1, -0.05) is 24.3 Å². The van der Waals surface area contributed by atoms with Crippen LogP contribution in [0.5, 0.6) is 0 Å². The van der Waals surface area contributed by atoms with Crippen molar-refractivity contribution in [2.24, 2.45) is 7.05 Å². The number of sulfonamides is 1. The van der Waals surface area contributed by atoms with Crippen molar-refractivity contribution in [3.63, 3.8) is 0 Å². The van der Waals surface area contributed by atoms with Crippen molar-refractivity contribution in [2.75, 3.05) is 6.61 Å². The van der Waals surface area contributed by atoms with Gasteiger partial charge in [0, 0.05) is 26.4 Å². The molecule has 2 rings (SSSR count). The molecule has 1 heterocycles. The third-order valence-electron chi connectivity index (χ3n) is 2.88. The summed E-state index contributed by atoms with van der Waals surface area (Å²) in [6.45, 7) is 0.323. The normalized spacial score (nSPS) is 11.7. The quantitative estimate of drug-likeness (QED) is 0.809. The van der Waals surface area contributed by atoms with Gasteiger partial charge in [0.1, 0.15) is 4.90 Å². The number of hydrogen-bond donors (Lipinski definition) is 2. The highest BCUT2D eigenvalue weighted by Crippen LogP contribution is 2.09. The SMILES string of the molecule is Cn1cc(S(=O)(=O)NCc2ccc(CCO)cc2)cn1. The second kappa shape index (κ2) is 6.17. The van der Waals surface area contributed by atoms with Crippen molar-refractivity contribution in [3.8, 4) is 0 Å². The van der Waals surface area contributed by atoms with Gasteiger partial charge in [0.25, 0.3) is 0 Å². The lowest BCUT2D eigenvalue weighted by atomic mass is 10.1. The van der Waals surface area contributed by atoms with Crippen LogP contribution in [0.2, 0.25) is 0 Å². The molecular formula is C13H17N3O3S. The molecule has 0 saturated carbocycles. The van der Waals surface area contributed by atoms with Crippen LogP contribution >= 0.6 is 0 Å². The van der Waals surface area contributed by atoms with Crippen LogP contribution in [0.1, 0.15) is 11.1 Å². The predicted molar refractivity (Wildman–Crippen MR) is 74.5 cm³/mol. The lowest BCUT2D eigenvalue weighted by Crippen LogP contribution is -2.22. The van der Waals surface area contributed by atoms with Crippen LogP contribution in [-0.4, -0.2) is 29.9 Å². The van der Waals surface area contributed by atoms with E-state index in [0.29, 0.717) is 6.42 Å². The second-order valence-corrected chi connectivity index (χ2v) is 6.23. The molecule has 0 aliphatic rings. The van der Waals surface area contributed by atoms with Crippen molar-refractivity contribution >= 4 is 10.0 Å². The van der Waals surface area contributed by atoms with Gasteiger partial charge >= 0.3 is 0 Å². The van der Waals surface area contributed by atoms with Crippen molar-refractivity contribution in [2.45, 2.75) is 17.9 Å².